The van der Waals surface area contributed by atoms with Crippen LogP contribution in [0.2, 0.25) is 0 Å². The van der Waals surface area contributed by atoms with Gasteiger partial charge in [0.25, 0.3) is 6.43 Å². The van der Waals surface area contributed by atoms with Gasteiger partial charge in [-0.1, -0.05) is 12.0 Å². The first kappa shape index (κ1) is 24.0. The number of aromatic amines is 1. The molecule has 1 N–H and O–H groups in total. The van der Waals surface area contributed by atoms with Crippen LogP contribution in [0.3, 0.4) is 0 Å². The highest BCUT2D eigenvalue weighted by Gasteiger charge is 2.46. The van der Waals surface area contributed by atoms with E-state index in [0.29, 0.717) is 4.90 Å². The third kappa shape index (κ3) is 4.92. The van der Waals surface area contributed by atoms with E-state index in [0.717, 1.165) is 32.2 Å². The maximum Gasteiger partial charge on any atom is 0.404 e. The lowest BCUT2D eigenvalue weighted by atomic mass is 9.93. The lowest BCUT2D eigenvalue weighted by Gasteiger charge is -2.25. The molecule has 0 saturated heterocycles. The highest BCUT2D eigenvalue weighted by Crippen LogP contribution is 2.37. The predicted octanol–water partition coefficient (Wildman–Crippen LogP) is 4.94. The quantitative estimate of drug-likeness (QED) is 0.432. The number of hydrogen-bond donors (Lipinski definition) is 1. The summed E-state index contributed by atoms with van der Waals surface area (Å²) in [7, 11) is 0. The number of benzene rings is 1. The highest BCUT2D eigenvalue weighted by atomic mass is 19.4. The number of rotatable bonds is 4. The number of hydrogen-bond acceptors (Lipinski definition) is 4. The number of fused-ring (bicyclic) bond motifs is 1. The Morgan fingerprint density at radius 3 is 2.48 bits per heavy atom. The molecule has 0 atom stereocenters. The van der Waals surface area contributed by atoms with Gasteiger partial charge in [0.2, 0.25) is 0 Å². The highest BCUT2D eigenvalue weighted by molar-refractivity contribution is 5.92. The number of pyridine rings is 1. The van der Waals surface area contributed by atoms with Gasteiger partial charge in [0.1, 0.15) is 11.2 Å². The molecule has 0 aliphatic carbocycles. The Morgan fingerprint density at radius 1 is 1.15 bits per heavy atom. The van der Waals surface area contributed by atoms with Crippen molar-refractivity contribution >= 4 is 22.4 Å². The van der Waals surface area contributed by atoms with Crippen molar-refractivity contribution in [3.05, 3.63) is 58.3 Å². The Kier molecular flexibility index (Phi) is 6.35. The van der Waals surface area contributed by atoms with Crippen molar-refractivity contribution in [1.82, 2.24) is 15.0 Å². The van der Waals surface area contributed by atoms with Crippen LogP contribution in [0.5, 0.6) is 0 Å². The summed E-state index contributed by atoms with van der Waals surface area (Å²) in [4.78, 5) is 21.9. The maximum atomic E-state index is 15.2. The van der Waals surface area contributed by atoms with E-state index in [1.165, 1.54) is 12.1 Å². The fourth-order valence-electron chi connectivity index (χ4n) is 2.80. The van der Waals surface area contributed by atoms with Crippen LogP contribution in [-0.2, 0) is 0 Å². The van der Waals surface area contributed by atoms with Crippen molar-refractivity contribution in [2.24, 2.45) is 5.41 Å². The second kappa shape index (κ2) is 8.73. The zero-order valence-electron chi connectivity index (χ0n) is 17.1. The molecule has 0 spiro atoms. The Morgan fingerprint density at radius 2 is 1.85 bits per heavy atom. The smallest absolute Gasteiger partial charge is 0.317 e. The average Bonchev–Trinajstić information content (AvgIpc) is 2.70. The zero-order chi connectivity index (χ0) is 24.6. The molecule has 1 aromatic carbocycles. The normalized spacial score (nSPS) is 12.1. The molecule has 12 heteroatoms. The Balaban J connectivity index is 2.23. The summed E-state index contributed by atoms with van der Waals surface area (Å²) in [5.74, 6) is 0.996. The van der Waals surface area contributed by atoms with E-state index in [4.69, 9.17) is 0 Å². The van der Waals surface area contributed by atoms with Gasteiger partial charge in [0, 0.05) is 6.20 Å². The van der Waals surface area contributed by atoms with Crippen LogP contribution < -0.4 is 10.6 Å². The number of H-pyrrole nitrogens is 1. The van der Waals surface area contributed by atoms with Crippen LogP contribution in [0.1, 0.15) is 19.5 Å². The molecule has 0 unspecified atom stereocenters. The predicted molar refractivity (Wildman–Crippen MR) is 106 cm³/mol. The maximum absolute atomic E-state index is 15.2. The van der Waals surface area contributed by atoms with Gasteiger partial charge in [0.05, 0.1) is 23.1 Å². The van der Waals surface area contributed by atoms with Crippen LogP contribution in [0.4, 0.5) is 42.2 Å². The van der Waals surface area contributed by atoms with Crippen LogP contribution in [0.15, 0.2) is 35.3 Å². The van der Waals surface area contributed by atoms with Gasteiger partial charge >= 0.3 is 11.9 Å². The number of alkyl halides is 5. The molecule has 0 aliphatic rings. The number of nitrogens with one attached hydrogen (secondary N) is 1. The number of aromatic nitrogens is 3. The third-order valence-electron chi connectivity index (χ3n) is 4.62. The van der Waals surface area contributed by atoms with Gasteiger partial charge in [-0.05, 0) is 38.0 Å². The fraction of sp³-hybridized carbons (Fsp3) is 0.286. The second-order valence-electron chi connectivity index (χ2n) is 7.40. The fourth-order valence-corrected chi connectivity index (χ4v) is 2.80. The van der Waals surface area contributed by atoms with Crippen LogP contribution >= 0.6 is 0 Å². The first-order valence-corrected chi connectivity index (χ1v) is 9.30. The molecule has 0 saturated carbocycles. The van der Waals surface area contributed by atoms with Gasteiger partial charge < -0.3 is 9.88 Å². The molecule has 3 rings (SSSR count). The van der Waals surface area contributed by atoms with Crippen LogP contribution in [0, 0.1) is 28.9 Å². The second-order valence-corrected chi connectivity index (χ2v) is 7.40. The number of anilines is 2. The Bertz CT molecular complexity index is 1310. The topological polar surface area (TPSA) is 61.9 Å². The summed E-state index contributed by atoms with van der Waals surface area (Å²) >= 11 is 0. The molecule has 0 fully saturated rings. The third-order valence-corrected chi connectivity index (χ3v) is 4.62. The van der Waals surface area contributed by atoms with Crippen molar-refractivity contribution in [2.45, 2.75) is 26.4 Å². The minimum absolute atomic E-state index is 0.0781. The van der Waals surface area contributed by atoms with Crippen molar-refractivity contribution in [2.75, 3.05) is 11.4 Å². The summed E-state index contributed by atoms with van der Waals surface area (Å²) in [6.45, 7) is 0.349. The molecule has 0 bridgehead atoms. The molecule has 3 aromatic rings. The zero-order valence-corrected chi connectivity index (χ0v) is 17.1. The van der Waals surface area contributed by atoms with Gasteiger partial charge in [-0.2, -0.15) is 18.2 Å². The minimum atomic E-state index is -4.72. The SMILES string of the molecule is CC(C)(C#Cc1nccc(N(CC(F)F)c2nc(=O)[nH]c3cccc(F)c23)c1F)C(F)(F)F. The standard InChI is InChI=1S/C21H15F7N4O/c1-20(2,21(26,27)28)8-6-13-17(25)14(7-9-29-13)32(10-15(23)24)18-16-11(22)4-3-5-12(16)30-19(33)31-18/h3-5,7,9,15H,10H2,1-2H3,(H,30,31,33). The van der Waals surface area contributed by atoms with E-state index >= 15 is 4.39 Å². The van der Waals surface area contributed by atoms with E-state index in [-0.39, 0.29) is 10.9 Å². The average molecular weight is 472 g/mol. The molecule has 174 valence electrons. The lowest BCUT2D eigenvalue weighted by Crippen LogP contribution is -2.30. The van der Waals surface area contributed by atoms with E-state index in [1.54, 1.807) is 0 Å². The Hall–Kier alpha value is -3.62. The summed E-state index contributed by atoms with van der Waals surface area (Å²) in [5, 5.41) is -0.361. The Labute approximate surface area is 182 Å². The first-order valence-electron chi connectivity index (χ1n) is 9.30. The summed E-state index contributed by atoms with van der Waals surface area (Å²) in [6, 6.07) is 4.49. The molecule has 2 heterocycles. The van der Waals surface area contributed by atoms with Gasteiger partial charge in [-0.15, -0.1) is 0 Å². The van der Waals surface area contributed by atoms with E-state index in [2.05, 4.69) is 15.0 Å². The van der Waals surface area contributed by atoms with Crippen molar-refractivity contribution < 1.29 is 30.7 Å². The molecular weight excluding hydrogens is 457 g/mol. The summed E-state index contributed by atoms with van der Waals surface area (Å²) < 4.78 is 95.6. The van der Waals surface area contributed by atoms with Gasteiger partial charge in [-0.25, -0.2) is 27.3 Å². The molecule has 0 amide bonds. The first-order chi connectivity index (χ1) is 15.3. The van der Waals surface area contributed by atoms with E-state index < -0.39 is 59.1 Å². The largest absolute Gasteiger partial charge is 0.404 e. The number of halogens is 7. The number of nitrogens with zero attached hydrogens (tertiary/aromatic N) is 3. The molecule has 0 aliphatic heterocycles. The van der Waals surface area contributed by atoms with Crippen LogP contribution in [0.25, 0.3) is 10.9 Å². The van der Waals surface area contributed by atoms with Crippen molar-refractivity contribution in [3.63, 3.8) is 0 Å². The summed E-state index contributed by atoms with van der Waals surface area (Å²) in [6.07, 6.45) is -6.87. The van der Waals surface area contributed by atoms with Gasteiger partial charge in [-0.3, -0.25) is 0 Å². The van der Waals surface area contributed by atoms with Crippen molar-refractivity contribution in [1.29, 1.82) is 0 Å². The van der Waals surface area contributed by atoms with Crippen LogP contribution in [-0.4, -0.2) is 34.1 Å². The van der Waals surface area contributed by atoms with E-state index in [1.807, 2.05) is 11.8 Å². The lowest BCUT2D eigenvalue weighted by molar-refractivity contribution is -0.190. The molecular formula is C21H15F7N4O. The molecule has 5 nitrogen and oxygen atoms in total. The molecule has 2 aromatic heterocycles. The monoisotopic (exact) mass is 472 g/mol. The van der Waals surface area contributed by atoms with Gasteiger partial charge in [0.15, 0.2) is 17.3 Å². The molecule has 33 heavy (non-hydrogen) atoms. The van der Waals surface area contributed by atoms with Crippen molar-refractivity contribution in [3.8, 4) is 11.8 Å². The van der Waals surface area contributed by atoms with E-state index in [9.17, 15) is 31.1 Å². The summed E-state index contributed by atoms with van der Waals surface area (Å²) in [5.41, 5.74) is -4.97. The molecule has 0 radical (unpaired) electrons. The minimum Gasteiger partial charge on any atom is -0.317 e.